The van der Waals surface area contributed by atoms with Crippen LogP contribution in [0.15, 0.2) is 52.6 Å². The van der Waals surface area contributed by atoms with Gasteiger partial charge in [-0.25, -0.2) is 14.2 Å². The zero-order chi connectivity index (χ0) is 29.6. The highest BCUT2D eigenvalue weighted by Crippen LogP contribution is 2.41. The standard InChI is InChI=1S/C28H16ClF4N3O4S/c1-13-35-21-9-15(28(31,32)33)8-14(11-34)23(21)26(37)36(13)6-7-40-22-5-2-16(29)10-18(22)17-3-4-20(30)24-19(27(38)39)12-41-25(17)24/h2-5,8-10,12H,6-7H2,1H3,(H,38,39). The van der Waals surface area contributed by atoms with Crippen LogP contribution in [0.4, 0.5) is 17.6 Å². The Bertz CT molecular complexity index is 1980. The van der Waals surface area contributed by atoms with Gasteiger partial charge in [0.05, 0.1) is 34.1 Å². The Kier molecular flexibility index (Phi) is 7.19. The molecule has 2 heterocycles. The Morgan fingerprint density at radius 1 is 1.17 bits per heavy atom. The van der Waals surface area contributed by atoms with E-state index in [0.29, 0.717) is 32.7 Å². The van der Waals surface area contributed by atoms with Crippen molar-refractivity contribution in [2.24, 2.45) is 0 Å². The summed E-state index contributed by atoms with van der Waals surface area (Å²) in [5.74, 6) is -1.54. The fourth-order valence-corrected chi connectivity index (χ4v) is 5.79. The first kappa shape index (κ1) is 28.1. The summed E-state index contributed by atoms with van der Waals surface area (Å²) in [5.41, 5.74) is -1.71. The topological polar surface area (TPSA) is 105 Å². The van der Waals surface area contributed by atoms with Crippen molar-refractivity contribution >= 4 is 49.9 Å². The third-order valence-electron chi connectivity index (χ3n) is 6.40. The molecule has 0 radical (unpaired) electrons. The molecule has 0 aliphatic carbocycles. The third kappa shape index (κ3) is 5.10. The summed E-state index contributed by atoms with van der Waals surface area (Å²) < 4.78 is 62.0. The van der Waals surface area contributed by atoms with Gasteiger partial charge in [-0.05, 0) is 49.4 Å². The second kappa shape index (κ2) is 10.5. The second-order valence-electron chi connectivity index (χ2n) is 8.89. The van der Waals surface area contributed by atoms with Gasteiger partial charge >= 0.3 is 12.1 Å². The summed E-state index contributed by atoms with van der Waals surface area (Å²) in [5, 5.41) is 20.3. The fraction of sp³-hybridized carbons (Fsp3) is 0.143. The molecule has 3 aromatic carbocycles. The number of nitriles is 1. The average molecular weight is 602 g/mol. The normalized spacial score (nSPS) is 11.6. The lowest BCUT2D eigenvalue weighted by molar-refractivity contribution is -0.137. The molecule has 0 saturated heterocycles. The van der Waals surface area contributed by atoms with Gasteiger partial charge < -0.3 is 9.84 Å². The van der Waals surface area contributed by atoms with Crippen molar-refractivity contribution in [2.45, 2.75) is 19.6 Å². The van der Waals surface area contributed by atoms with Crippen molar-refractivity contribution in [3.05, 3.63) is 91.6 Å². The number of carboxylic acid groups (broad SMARTS) is 1. The molecule has 2 aromatic heterocycles. The molecule has 13 heteroatoms. The maximum Gasteiger partial charge on any atom is 0.416 e. The predicted octanol–water partition coefficient (Wildman–Crippen LogP) is 7.05. The van der Waals surface area contributed by atoms with E-state index in [1.54, 1.807) is 24.3 Å². The maximum atomic E-state index is 14.6. The van der Waals surface area contributed by atoms with Crippen LogP contribution in [0, 0.1) is 24.1 Å². The number of aromatic carboxylic acids is 1. The van der Waals surface area contributed by atoms with Crippen LogP contribution in [-0.2, 0) is 12.7 Å². The van der Waals surface area contributed by atoms with E-state index in [4.69, 9.17) is 16.3 Å². The molecule has 0 aliphatic rings. The van der Waals surface area contributed by atoms with Crippen LogP contribution < -0.4 is 10.3 Å². The molecule has 0 bridgehead atoms. The lowest BCUT2D eigenvalue weighted by Gasteiger charge is -2.16. The molecule has 5 rings (SSSR count). The SMILES string of the molecule is Cc1nc2cc(C(F)(F)F)cc(C#N)c2c(=O)n1CCOc1ccc(Cl)cc1-c1ccc(F)c2c(C(=O)O)csc12. The molecule has 208 valence electrons. The first-order valence-electron chi connectivity index (χ1n) is 11.8. The highest BCUT2D eigenvalue weighted by molar-refractivity contribution is 7.18. The van der Waals surface area contributed by atoms with E-state index in [1.807, 2.05) is 0 Å². The molecule has 1 N–H and O–H groups in total. The zero-order valence-electron chi connectivity index (χ0n) is 20.8. The number of fused-ring (bicyclic) bond motifs is 2. The number of halogens is 5. The zero-order valence-corrected chi connectivity index (χ0v) is 22.4. The number of nitrogens with zero attached hydrogens (tertiary/aromatic N) is 3. The first-order chi connectivity index (χ1) is 19.4. The van der Waals surface area contributed by atoms with Gasteiger partial charge in [0, 0.05) is 31.6 Å². The summed E-state index contributed by atoms with van der Waals surface area (Å²) in [6, 6.07) is 10.3. The average Bonchev–Trinajstić information content (AvgIpc) is 3.37. The monoisotopic (exact) mass is 601 g/mol. The molecule has 0 atom stereocenters. The number of aromatic nitrogens is 2. The highest BCUT2D eigenvalue weighted by atomic mass is 35.5. The molecule has 0 amide bonds. The molecule has 0 fully saturated rings. The Morgan fingerprint density at radius 2 is 1.93 bits per heavy atom. The van der Waals surface area contributed by atoms with E-state index < -0.39 is 34.6 Å². The minimum absolute atomic E-state index is 0.0441. The van der Waals surface area contributed by atoms with Gasteiger partial charge in [0.1, 0.15) is 30.1 Å². The quantitative estimate of drug-likeness (QED) is 0.209. The summed E-state index contributed by atoms with van der Waals surface area (Å²) in [7, 11) is 0. The van der Waals surface area contributed by atoms with Crippen LogP contribution in [0.2, 0.25) is 5.02 Å². The molecule has 0 saturated carbocycles. The van der Waals surface area contributed by atoms with Crippen LogP contribution in [0.1, 0.15) is 27.3 Å². The summed E-state index contributed by atoms with van der Waals surface area (Å²) in [6.45, 7) is 1.29. The fourth-order valence-electron chi connectivity index (χ4n) is 4.54. The first-order valence-corrected chi connectivity index (χ1v) is 13.0. The molecule has 0 spiro atoms. The minimum Gasteiger partial charge on any atom is -0.491 e. The van der Waals surface area contributed by atoms with E-state index in [9.17, 15) is 37.5 Å². The predicted molar refractivity (Wildman–Crippen MR) is 145 cm³/mol. The molecule has 41 heavy (non-hydrogen) atoms. The summed E-state index contributed by atoms with van der Waals surface area (Å²) in [4.78, 5) is 29.0. The van der Waals surface area contributed by atoms with Crippen LogP contribution in [0.3, 0.4) is 0 Å². The Morgan fingerprint density at radius 3 is 2.61 bits per heavy atom. The third-order valence-corrected chi connectivity index (χ3v) is 7.65. The van der Waals surface area contributed by atoms with E-state index in [2.05, 4.69) is 4.98 Å². The van der Waals surface area contributed by atoms with Gasteiger partial charge in [-0.1, -0.05) is 11.6 Å². The molecular formula is C28H16ClF4N3O4S. The molecule has 5 aromatic rings. The van der Waals surface area contributed by atoms with Gasteiger partial charge in [0.25, 0.3) is 5.56 Å². The van der Waals surface area contributed by atoms with Crippen molar-refractivity contribution in [1.82, 2.24) is 9.55 Å². The van der Waals surface area contributed by atoms with Gasteiger partial charge in [-0.2, -0.15) is 18.4 Å². The minimum atomic E-state index is -4.72. The number of aryl methyl sites for hydroxylation is 1. The number of carbonyl (C=O) groups is 1. The Labute approximate surface area is 237 Å². The van der Waals surface area contributed by atoms with Gasteiger partial charge in [-0.3, -0.25) is 9.36 Å². The molecule has 0 aliphatic heterocycles. The Hall–Kier alpha value is -4.47. The summed E-state index contributed by atoms with van der Waals surface area (Å²) in [6.07, 6.45) is -4.72. The molecule has 0 unspecified atom stereocenters. The van der Waals surface area contributed by atoms with E-state index in [-0.39, 0.29) is 40.8 Å². The van der Waals surface area contributed by atoms with Crippen molar-refractivity contribution in [3.8, 4) is 22.9 Å². The second-order valence-corrected chi connectivity index (χ2v) is 10.2. The number of hydrogen-bond acceptors (Lipinski definition) is 6. The summed E-state index contributed by atoms with van der Waals surface area (Å²) >= 11 is 7.28. The lowest BCUT2D eigenvalue weighted by Crippen LogP contribution is -2.27. The molecule has 7 nitrogen and oxygen atoms in total. The highest BCUT2D eigenvalue weighted by Gasteiger charge is 2.32. The number of rotatable bonds is 6. The van der Waals surface area contributed by atoms with Crippen LogP contribution >= 0.6 is 22.9 Å². The number of alkyl halides is 3. The maximum absolute atomic E-state index is 14.6. The van der Waals surface area contributed by atoms with Gasteiger partial charge in [-0.15, -0.1) is 11.3 Å². The van der Waals surface area contributed by atoms with Crippen LogP contribution in [0.5, 0.6) is 5.75 Å². The lowest BCUT2D eigenvalue weighted by atomic mass is 10.0. The molecular weight excluding hydrogens is 586 g/mol. The van der Waals surface area contributed by atoms with Gasteiger partial charge in [0.15, 0.2) is 0 Å². The Balaban J connectivity index is 1.50. The van der Waals surface area contributed by atoms with Crippen molar-refractivity contribution in [2.75, 3.05) is 6.61 Å². The number of benzene rings is 3. The van der Waals surface area contributed by atoms with Crippen LogP contribution in [-0.4, -0.2) is 27.2 Å². The van der Waals surface area contributed by atoms with Crippen molar-refractivity contribution in [3.63, 3.8) is 0 Å². The van der Waals surface area contributed by atoms with Gasteiger partial charge in [0.2, 0.25) is 0 Å². The smallest absolute Gasteiger partial charge is 0.416 e. The van der Waals surface area contributed by atoms with Crippen molar-refractivity contribution < 1.29 is 32.2 Å². The van der Waals surface area contributed by atoms with Crippen LogP contribution in [0.25, 0.3) is 32.1 Å². The van der Waals surface area contributed by atoms with E-state index >= 15 is 0 Å². The number of hydrogen-bond donors (Lipinski definition) is 1. The van der Waals surface area contributed by atoms with Crippen molar-refractivity contribution in [1.29, 1.82) is 5.26 Å². The largest absolute Gasteiger partial charge is 0.491 e. The van der Waals surface area contributed by atoms with E-state index in [0.717, 1.165) is 23.5 Å². The van der Waals surface area contributed by atoms with E-state index in [1.165, 1.54) is 22.9 Å². The number of thiophene rings is 1. The number of ether oxygens (including phenoxy) is 1. The number of carboxylic acids is 1.